The number of methoxy groups -OCH3 is 6. The number of carbonyl (C=O) groups excluding carboxylic acids is 2. The fourth-order valence-corrected chi connectivity index (χ4v) is 7.20. The molecule has 50 heavy (non-hydrogen) atoms. The van der Waals surface area contributed by atoms with Crippen LogP contribution >= 0.6 is 0 Å². The normalized spacial score (nSPS) is 19.5. The quantitative estimate of drug-likeness (QED) is 0.203. The molecule has 0 unspecified atom stereocenters. The highest BCUT2D eigenvalue weighted by atomic mass is 16.5. The summed E-state index contributed by atoms with van der Waals surface area (Å²) in [5.41, 5.74) is 5.00. The van der Waals surface area contributed by atoms with E-state index in [4.69, 9.17) is 28.4 Å². The SMILES string of the molecule is CCCC[C@H]1CCCC/C(C(=O)OC)=C\c2cc(OC)c(c(OC)c2)[C@@H](CCCC)CCCC/C(C(=O)OC)=C\c2cc(OC)c1c(OC)c2. The summed E-state index contributed by atoms with van der Waals surface area (Å²) >= 11 is 0. The number of rotatable bonds is 12. The van der Waals surface area contributed by atoms with Crippen LogP contribution in [0.25, 0.3) is 12.2 Å². The van der Waals surface area contributed by atoms with Crippen LogP contribution in [0.5, 0.6) is 23.0 Å². The average Bonchev–Trinajstić information content (AvgIpc) is 3.14. The van der Waals surface area contributed by atoms with Gasteiger partial charge in [-0.1, -0.05) is 52.4 Å². The van der Waals surface area contributed by atoms with E-state index in [9.17, 15) is 9.59 Å². The number of unbranched alkanes of at least 4 members (excludes halogenated alkanes) is 2. The molecule has 2 atom stereocenters. The van der Waals surface area contributed by atoms with E-state index in [0.717, 1.165) is 122 Å². The third kappa shape index (κ3) is 11.0. The first-order valence-corrected chi connectivity index (χ1v) is 18.4. The zero-order chi connectivity index (χ0) is 36.5. The monoisotopic (exact) mass is 692 g/mol. The Morgan fingerprint density at radius 3 is 1.18 bits per heavy atom. The van der Waals surface area contributed by atoms with Gasteiger partial charge in [-0.25, -0.2) is 9.59 Å². The first kappa shape index (κ1) is 40.5. The Bertz CT molecular complexity index is 1300. The molecule has 2 aromatic carbocycles. The lowest BCUT2D eigenvalue weighted by Gasteiger charge is -2.24. The van der Waals surface area contributed by atoms with Gasteiger partial charge in [0.2, 0.25) is 0 Å². The van der Waals surface area contributed by atoms with Crippen molar-refractivity contribution < 1.29 is 38.0 Å². The van der Waals surface area contributed by atoms with Gasteiger partial charge in [0.1, 0.15) is 23.0 Å². The van der Waals surface area contributed by atoms with Crippen molar-refractivity contribution in [1.82, 2.24) is 0 Å². The largest absolute Gasteiger partial charge is 0.496 e. The maximum atomic E-state index is 13.0. The Morgan fingerprint density at radius 1 is 0.560 bits per heavy atom. The minimum Gasteiger partial charge on any atom is -0.496 e. The first-order chi connectivity index (χ1) is 24.3. The highest BCUT2D eigenvalue weighted by Crippen LogP contribution is 2.44. The molecule has 0 aromatic heterocycles. The summed E-state index contributed by atoms with van der Waals surface area (Å²) in [4.78, 5) is 26.1. The van der Waals surface area contributed by atoms with Gasteiger partial charge in [-0.2, -0.15) is 0 Å². The topological polar surface area (TPSA) is 89.5 Å². The number of ether oxygens (including phenoxy) is 6. The molecule has 2 aromatic rings. The summed E-state index contributed by atoms with van der Waals surface area (Å²) in [5, 5.41) is 0. The van der Waals surface area contributed by atoms with Gasteiger partial charge in [-0.3, -0.25) is 0 Å². The molecule has 6 rings (SSSR count). The molecule has 0 heterocycles. The van der Waals surface area contributed by atoms with E-state index >= 15 is 0 Å². The molecule has 0 saturated heterocycles. The molecule has 4 bridgehead atoms. The summed E-state index contributed by atoms with van der Waals surface area (Å²) in [7, 11) is 9.61. The van der Waals surface area contributed by atoms with Crippen LogP contribution in [0.15, 0.2) is 35.4 Å². The molecule has 276 valence electrons. The molecule has 0 radical (unpaired) electrons. The molecular formula is C42H60O8. The van der Waals surface area contributed by atoms with Crippen LogP contribution in [0, 0.1) is 0 Å². The Balaban J connectivity index is 2.17. The lowest BCUT2D eigenvalue weighted by molar-refractivity contribution is -0.137. The van der Waals surface area contributed by atoms with Crippen LogP contribution in [-0.2, 0) is 19.1 Å². The highest BCUT2D eigenvalue weighted by Gasteiger charge is 2.25. The van der Waals surface area contributed by atoms with Crippen LogP contribution in [0.4, 0.5) is 0 Å². The molecule has 4 aliphatic carbocycles. The van der Waals surface area contributed by atoms with Crippen molar-refractivity contribution in [2.45, 2.75) is 116 Å². The summed E-state index contributed by atoms with van der Waals surface area (Å²) < 4.78 is 34.4. The summed E-state index contributed by atoms with van der Waals surface area (Å²) in [6.45, 7) is 4.39. The zero-order valence-corrected chi connectivity index (χ0v) is 31.8. The third-order valence-corrected chi connectivity index (χ3v) is 9.84. The van der Waals surface area contributed by atoms with Crippen LogP contribution in [0.2, 0.25) is 0 Å². The van der Waals surface area contributed by atoms with Crippen molar-refractivity contribution in [3.8, 4) is 23.0 Å². The van der Waals surface area contributed by atoms with Gasteiger partial charge >= 0.3 is 11.9 Å². The molecule has 0 amide bonds. The zero-order valence-electron chi connectivity index (χ0n) is 31.8. The smallest absolute Gasteiger partial charge is 0.333 e. The summed E-state index contributed by atoms with van der Waals surface area (Å²) in [6.07, 6.45) is 16.4. The van der Waals surface area contributed by atoms with Gasteiger partial charge in [-0.15, -0.1) is 0 Å². The van der Waals surface area contributed by atoms with Gasteiger partial charge in [0.05, 0.1) is 42.7 Å². The maximum Gasteiger partial charge on any atom is 0.333 e. The van der Waals surface area contributed by atoms with Crippen LogP contribution in [-0.4, -0.2) is 54.6 Å². The van der Waals surface area contributed by atoms with Crippen LogP contribution < -0.4 is 18.9 Å². The van der Waals surface area contributed by atoms with Crippen molar-refractivity contribution in [1.29, 1.82) is 0 Å². The molecule has 8 nitrogen and oxygen atoms in total. The van der Waals surface area contributed by atoms with Crippen LogP contribution in [0.1, 0.15) is 138 Å². The van der Waals surface area contributed by atoms with Crippen molar-refractivity contribution in [2.75, 3.05) is 42.7 Å². The maximum absolute atomic E-state index is 13.0. The van der Waals surface area contributed by atoms with E-state index < -0.39 is 0 Å². The van der Waals surface area contributed by atoms with Gasteiger partial charge in [0, 0.05) is 22.3 Å². The average molecular weight is 693 g/mol. The second-order valence-electron chi connectivity index (χ2n) is 13.2. The lowest BCUT2D eigenvalue weighted by atomic mass is 9.85. The molecule has 0 fully saturated rings. The second kappa shape index (κ2) is 21.3. The van der Waals surface area contributed by atoms with Gasteiger partial charge in [0.25, 0.3) is 0 Å². The van der Waals surface area contributed by atoms with Gasteiger partial charge < -0.3 is 28.4 Å². The van der Waals surface area contributed by atoms with Crippen molar-refractivity contribution in [2.24, 2.45) is 0 Å². The third-order valence-electron chi connectivity index (χ3n) is 9.84. The summed E-state index contributed by atoms with van der Waals surface area (Å²) in [5.74, 6) is 2.74. The molecule has 8 heteroatoms. The Labute approximate surface area is 300 Å². The van der Waals surface area contributed by atoms with E-state index in [0.29, 0.717) is 24.0 Å². The predicted octanol–water partition coefficient (Wildman–Crippen LogP) is 10.2. The number of hydrogen-bond acceptors (Lipinski definition) is 8. The Hall–Kier alpha value is -3.94. The van der Waals surface area contributed by atoms with E-state index in [-0.39, 0.29) is 23.8 Å². The fraction of sp³-hybridized carbons (Fsp3) is 0.571. The molecule has 0 N–H and O–H groups in total. The van der Waals surface area contributed by atoms with Crippen molar-refractivity contribution >= 4 is 24.1 Å². The van der Waals surface area contributed by atoms with Crippen LogP contribution in [0.3, 0.4) is 0 Å². The minimum atomic E-state index is -0.330. The molecule has 0 aliphatic heterocycles. The Kier molecular flexibility index (Phi) is 17.3. The Morgan fingerprint density at radius 2 is 0.900 bits per heavy atom. The number of hydrogen-bond donors (Lipinski definition) is 0. The van der Waals surface area contributed by atoms with Gasteiger partial charge in [-0.05, 0) is 111 Å². The van der Waals surface area contributed by atoms with E-state index in [2.05, 4.69) is 13.8 Å². The second-order valence-corrected chi connectivity index (χ2v) is 13.2. The molecule has 0 spiro atoms. The number of carbonyl (C=O) groups is 2. The molecule has 4 aliphatic rings. The van der Waals surface area contributed by atoms with Gasteiger partial charge in [0.15, 0.2) is 0 Å². The fourth-order valence-electron chi connectivity index (χ4n) is 7.20. The minimum absolute atomic E-state index is 0.197. The number of benzene rings is 2. The standard InChI is InChI=1S/C42H60O8/c1-9-11-17-31-19-13-15-21-33(41(43)49-7)24-30-27-37(47-5)40(38(28-30)48-6)32(18-12-10-2)20-14-16-22-34(42(44)50-8)23-29-25-35(45-3)39(31)36(26-29)46-4/h23-28,31-32H,9-22H2,1-8H3/b33-24+,34-23+/t31-,32-/m0/s1. The number of esters is 2. The molecule has 0 saturated carbocycles. The lowest BCUT2D eigenvalue weighted by Crippen LogP contribution is -2.09. The predicted molar refractivity (Wildman–Crippen MR) is 201 cm³/mol. The van der Waals surface area contributed by atoms with E-state index in [1.54, 1.807) is 28.4 Å². The molecular weight excluding hydrogens is 632 g/mol. The highest BCUT2D eigenvalue weighted by molar-refractivity contribution is 5.94. The van der Waals surface area contributed by atoms with E-state index in [1.165, 1.54) is 14.2 Å². The van der Waals surface area contributed by atoms with E-state index in [1.807, 2.05) is 36.4 Å². The summed E-state index contributed by atoms with van der Waals surface area (Å²) in [6, 6.07) is 8.03. The van der Waals surface area contributed by atoms with Crippen molar-refractivity contribution in [3.05, 3.63) is 57.7 Å². The van der Waals surface area contributed by atoms with Crippen molar-refractivity contribution in [3.63, 3.8) is 0 Å². The first-order valence-electron chi connectivity index (χ1n) is 18.4.